The molecule has 2 nitrogen and oxygen atoms in total. The lowest BCUT2D eigenvalue weighted by Gasteiger charge is -2.45. The Hall–Kier alpha value is -0.0800. The van der Waals surface area contributed by atoms with Gasteiger partial charge in [0.25, 0.3) is 0 Å². The highest BCUT2D eigenvalue weighted by Crippen LogP contribution is 2.36. The zero-order chi connectivity index (χ0) is 12.5. The maximum Gasteiger partial charge on any atom is 0.0136 e. The summed E-state index contributed by atoms with van der Waals surface area (Å²) in [5.41, 5.74) is 0.272. The van der Waals surface area contributed by atoms with Gasteiger partial charge in [0.05, 0.1) is 0 Å². The Kier molecular flexibility index (Phi) is 4.14. The van der Waals surface area contributed by atoms with Crippen molar-refractivity contribution < 1.29 is 0 Å². The van der Waals surface area contributed by atoms with E-state index < -0.39 is 0 Å². The van der Waals surface area contributed by atoms with E-state index in [2.05, 4.69) is 37.9 Å². The van der Waals surface area contributed by atoms with E-state index in [1.165, 1.54) is 45.3 Å². The third-order valence-electron chi connectivity index (χ3n) is 4.34. The Morgan fingerprint density at radius 3 is 2.24 bits per heavy atom. The van der Waals surface area contributed by atoms with E-state index in [0.29, 0.717) is 0 Å². The second-order valence-corrected chi connectivity index (χ2v) is 7.07. The molecule has 0 aromatic carbocycles. The lowest BCUT2D eigenvalue weighted by atomic mass is 9.78. The zero-order valence-corrected chi connectivity index (χ0v) is 12.1. The van der Waals surface area contributed by atoms with Crippen molar-refractivity contribution in [1.82, 2.24) is 10.2 Å². The summed E-state index contributed by atoms with van der Waals surface area (Å²) in [5, 5.41) is 3.68. The molecular weight excluding hydrogens is 208 g/mol. The van der Waals surface area contributed by atoms with E-state index in [9.17, 15) is 0 Å². The molecular formula is C15H30N2. The summed E-state index contributed by atoms with van der Waals surface area (Å²) in [6, 6.07) is 0.871. The maximum absolute atomic E-state index is 3.68. The Bertz CT molecular complexity index is 240. The molecule has 1 N–H and O–H groups in total. The Morgan fingerprint density at radius 1 is 1.12 bits per heavy atom. The molecule has 2 fully saturated rings. The minimum atomic E-state index is 0.272. The second-order valence-electron chi connectivity index (χ2n) is 7.07. The van der Waals surface area contributed by atoms with E-state index >= 15 is 0 Å². The molecule has 0 amide bonds. The molecule has 0 aromatic heterocycles. The van der Waals surface area contributed by atoms with Gasteiger partial charge in [0.2, 0.25) is 0 Å². The van der Waals surface area contributed by atoms with Gasteiger partial charge in [-0.2, -0.15) is 0 Å². The highest BCUT2D eigenvalue weighted by atomic mass is 15.2. The van der Waals surface area contributed by atoms with Gasteiger partial charge in [-0.05, 0) is 71.4 Å². The number of rotatable bonds is 6. The van der Waals surface area contributed by atoms with E-state index in [1.807, 2.05) is 0 Å². The van der Waals surface area contributed by atoms with Crippen LogP contribution in [0.1, 0.15) is 53.4 Å². The molecule has 0 bridgehead atoms. The average molecular weight is 238 g/mol. The number of hydrogen-bond acceptors (Lipinski definition) is 2. The summed E-state index contributed by atoms with van der Waals surface area (Å²) >= 11 is 0. The quantitative estimate of drug-likeness (QED) is 0.765. The lowest BCUT2D eigenvalue weighted by molar-refractivity contribution is 0.0586. The smallest absolute Gasteiger partial charge is 0.0136 e. The summed E-state index contributed by atoms with van der Waals surface area (Å²) in [6.07, 6.45) is 5.81. The number of hydrogen-bond donors (Lipinski definition) is 1. The van der Waals surface area contributed by atoms with Gasteiger partial charge in [0.1, 0.15) is 0 Å². The van der Waals surface area contributed by atoms with Crippen LogP contribution >= 0.6 is 0 Å². The van der Waals surface area contributed by atoms with Crippen molar-refractivity contribution in [2.45, 2.75) is 65.0 Å². The maximum atomic E-state index is 3.68. The summed E-state index contributed by atoms with van der Waals surface area (Å²) in [5.74, 6) is 1.93. The van der Waals surface area contributed by atoms with Crippen LogP contribution in [-0.2, 0) is 0 Å². The number of nitrogens with zero attached hydrogens (tertiary/aromatic N) is 1. The van der Waals surface area contributed by atoms with Gasteiger partial charge in [-0.3, -0.25) is 0 Å². The summed E-state index contributed by atoms with van der Waals surface area (Å²) in [4.78, 5) is 2.75. The summed E-state index contributed by atoms with van der Waals surface area (Å²) in [7, 11) is 0. The molecule has 2 heteroatoms. The van der Waals surface area contributed by atoms with Crippen molar-refractivity contribution in [3.63, 3.8) is 0 Å². The molecule has 0 aliphatic heterocycles. The first-order valence-corrected chi connectivity index (χ1v) is 7.48. The van der Waals surface area contributed by atoms with E-state index in [0.717, 1.165) is 17.9 Å². The van der Waals surface area contributed by atoms with Crippen LogP contribution in [0.15, 0.2) is 0 Å². The highest BCUT2D eigenvalue weighted by molar-refractivity contribution is 4.92. The highest BCUT2D eigenvalue weighted by Gasteiger charge is 2.37. The second kappa shape index (κ2) is 5.27. The number of nitrogens with one attached hydrogen (secondary N) is 1. The van der Waals surface area contributed by atoms with Crippen molar-refractivity contribution in [2.24, 2.45) is 11.8 Å². The first kappa shape index (κ1) is 13.4. The average Bonchev–Trinajstić information content (AvgIpc) is 2.97. The molecule has 2 unspecified atom stereocenters. The molecule has 0 aromatic rings. The normalized spacial score (nSPS) is 29.5. The molecule has 0 radical (unpaired) electrons. The first-order chi connectivity index (χ1) is 7.99. The molecule has 2 saturated carbocycles. The Balaban J connectivity index is 1.75. The molecule has 100 valence electrons. The van der Waals surface area contributed by atoms with Gasteiger partial charge in [-0.15, -0.1) is 0 Å². The van der Waals surface area contributed by atoms with Crippen LogP contribution in [0.5, 0.6) is 0 Å². The van der Waals surface area contributed by atoms with Crippen molar-refractivity contribution in [1.29, 1.82) is 0 Å². The van der Waals surface area contributed by atoms with Crippen LogP contribution in [0.2, 0.25) is 0 Å². The zero-order valence-electron chi connectivity index (χ0n) is 12.1. The molecule has 0 spiro atoms. The van der Waals surface area contributed by atoms with Gasteiger partial charge >= 0.3 is 0 Å². The topological polar surface area (TPSA) is 15.3 Å². The SMILES string of the molecule is CCN(CC1CC1)C1CCC1CNC(C)(C)C. The minimum Gasteiger partial charge on any atom is -0.312 e. The Morgan fingerprint density at radius 2 is 1.82 bits per heavy atom. The molecule has 0 heterocycles. The van der Waals surface area contributed by atoms with E-state index in [4.69, 9.17) is 0 Å². The molecule has 0 saturated heterocycles. The van der Waals surface area contributed by atoms with Crippen LogP contribution in [0.25, 0.3) is 0 Å². The van der Waals surface area contributed by atoms with Crippen LogP contribution in [0.4, 0.5) is 0 Å². The fourth-order valence-corrected chi connectivity index (χ4v) is 2.84. The first-order valence-electron chi connectivity index (χ1n) is 7.48. The minimum absolute atomic E-state index is 0.272. The summed E-state index contributed by atoms with van der Waals surface area (Å²) in [6.45, 7) is 12.9. The lowest BCUT2D eigenvalue weighted by Crippen LogP contribution is -2.53. The van der Waals surface area contributed by atoms with E-state index in [-0.39, 0.29) is 5.54 Å². The van der Waals surface area contributed by atoms with Crippen LogP contribution in [-0.4, -0.2) is 36.1 Å². The van der Waals surface area contributed by atoms with Crippen molar-refractivity contribution in [3.05, 3.63) is 0 Å². The van der Waals surface area contributed by atoms with Crippen molar-refractivity contribution in [3.8, 4) is 0 Å². The van der Waals surface area contributed by atoms with E-state index in [1.54, 1.807) is 0 Å². The summed E-state index contributed by atoms with van der Waals surface area (Å²) < 4.78 is 0. The van der Waals surface area contributed by atoms with Gasteiger partial charge in [-0.25, -0.2) is 0 Å². The largest absolute Gasteiger partial charge is 0.312 e. The monoisotopic (exact) mass is 238 g/mol. The van der Waals surface area contributed by atoms with Crippen LogP contribution < -0.4 is 5.32 Å². The fraction of sp³-hybridized carbons (Fsp3) is 1.00. The Labute approximate surface area is 107 Å². The van der Waals surface area contributed by atoms with Gasteiger partial charge in [-0.1, -0.05) is 6.92 Å². The standard InChI is InChI=1S/C15H30N2/c1-5-17(11-12-6-7-12)14-9-8-13(14)10-16-15(2,3)4/h12-14,16H,5-11H2,1-4H3. The van der Waals surface area contributed by atoms with Crippen molar-refractivity contribution >= 4 is 0 Å². The molecule has 17 heavy (non-hydrogen) atoms. The van der Waals surface area contributed by atoms with Gasteiger partial charge in [0.15, 0.2) is 0 Å². The van der Waals surface area contributed by atoms with Crippen LogP contribution in [0, 0.1) is 11.8 Å². The van der Waals surface area contributed by atoms with Crippen molar-refractivity contribution in [2.75, 3.05) is 19.6 Å². The predicted molar refractivity (Wildman–Crippen MR) is 74.2 cm³/mol. The molecule has 2 rings (SSSR count). The van der Waals surface area contributed by atoms with Gasteiger partial charge in [0, 0.05) is 18.1 Å². The van der Waals surface area contributed by atoms with Crippen LogP contribution in [0.3, 0.4) is 0 Å². The molecule has 2 aliphatic rings. The third kappa shape index (κ3) is 3.96. The van der Waals surface area contributed by atoms with Gasteiger partial charge < -0.3 is 10.2 Å². The molecule has 2 aliphatic carbocycles. The predicted octanol–water partition coefficient (Wildman–Crippen LogP) is 2.89. The fourth-order valence-electron chi connectivity index (χ4n) is 2.84. The molecule has 2 atom stereocenters. The third-order valence-corrected chi connectivity index (χ3v) is 4.34.